The summed E-state index contributed by atoms with van der Waals surface area (Å²) >= 11 is 1.81. The van der Waals surface area contributed by atoms with Gasteiger partial charge in [-0.1, -0.05) is 108 Å². The van der Waals surface area contributed by atoms with E-state index in [4.69, 9.17) is 9.47 Å². The molecule has 0 aliphatic heterocycles. The first-order valence-corrected chi connectivity index (χ1v) is 20.9. The molecule has 0 fully saturated rings. The molecule has 1 amide bonds. The maximum absolute atomic E-state index is 12.6. The number of allylic oxidation sites excluding steroid dienone is 5. The number of carbonyl (C=O) groups is 4. The molecule has 2 N–H and O–H groups in total. The lowest BCUT2D eigenvalue weighted by molar-refractivity contribution is -0.124. The molecular formula is C49H66N2O6S. The van der Waals surface area contributed by atoms with E-state index in [1.807, 2.05) is 47.6 Å². The van der Waals surface area contributed by atoms with E-state index in [2.05, 4.69) is 98.7 Å². The number of rotatable bonds is 21. The van der Waals surface area contributed by atoms with Gasteiger partial charge in [0, 0.05) is 58.5 Å². The lowest BCUT2D eigenvalue weighted by Gasteiger charge is -2.13. The quantitative estimate of drug-likeness (QED) is 0.0360. The number of carbonyl (C=O) groups excluding carboxylic acids is 4. The monoisotopic (exact) mass is 810 g/mol. The largest absolute Gasteiger partial charge is 0.491 e. The fourth-order valence-electron chi connectivity index (χ4n) is 5.39. The van der Waals surface area contributed by atoms with E-state index >= 15 is 0 Å². The van der Waals surface area contributed by atoms with Crippen LogP contribution in [0.15, 0.2) is 102 Å². The number of benzene rings is 3. The molecule has 0 heterocycles. The summed E-state index contributed by atoms with van der Waals surface area (Å²) in [5.74, 6) is 0.0778. The minimum absolute atomic E-state index is 0.00171. The number of ketones is 2. The highest BCUT2D eigenvalue weighted by molar-refractivity contribution is 8.08. The second kappa shape index (κ2) is 28.4. The molecule has 0 bridgehead atoms. The predicted octanol–water partition coefficient (Wildman–Crippen LogP) is 11.0. The van der Waals surface area contributed by atoms with E-state index in [1.54, 1.807) is 37.0 Å². The first kappa shape index (κ1) is 51.0. The summed E-state index contributed by atoms with van der Waals surface area (Å²) in [4.78, 5) is 47.7. The van der Waals surface area contributed by atoms with Crippen LogP contribution in [0.4, 0.5) is 0 Å². The van der Waals surface area contributed by atoms with Crippen LogP contribution in [-0.4, -0.2) is 57.2 Å². The van der Waals surface area contributed by atoms with Gasteiger partial charge in [-0.3, -0.25) is 14.4 Å². The van der Waals surface area contributed by atoms with E-state index in [1.165, 1.54) is 33.4 Å². The number of aryl methyl sites for hydroxylation is 2. The smallest absolute Gasteiger partial charge is 0.222 e. The van der Waals surface area contributed by atoms with Crippen LogP contribution in [0, 0.1) is 25.7 Å². The number of hydrogen-bond acceptors (Lipinski definition) is 8. The molecule has 3 rings (SSSR count). The Bertz CT molecular complexity index is 1870. The first-order valence-electron chi connectivity index (χ1n) is 20.1. The number of hydrogen-bond donors (Lipinski definition) is 2. The van der Waals surface area contributed by atoms with Crippen molar-refractivity contribution in [2.45, 2.75) is 87.0 Å². The van der Waals surface area contributed by atoms with Gasteiger partial charge in [0.25, 0.3) is 0 Å². The number of amides is 1. The molecule has 0 aromatic heterocycles. The molecule has 58 heavy (non-hydrogen) atoms. The Morgan fingerprint density at radius 1 is 0.845 bits per heavy atom. The fourth-order valence-corrected chi connectivity index (χ4v) is 6.47. The van der Waals surface area contributed by atoms with Gasteiger partial charge in [-0.05, 0) is 99.2 Å². The zero-order valence-electron chi connectivity index (χ0n) is 36.6. The van der Waals surface area contributed by atoms with Gasteiger partial charge in [-0.15, -0.1) is 0 Å². The Morgan fingerprint density at radius 2 is 1.52 bits per heavy atom. The molecule has 0 aliphatic rings. The summed E-state index contributed by atoms with van der Waals surface area (Å²) in [6, 6.07) is 20.3. The zero-order valence-corrected chi connectivity index (χ0v) is 37.4. The molecule has 0 aliphatic carbocycles. The summed E-state index contributed by atoms with van der Waals surface area (Å²) in [7, 11) is 1.60. The van der Waals surface area contributed by atoms with Crippen molar-refractivity contribution in [3.05, 3.63) is 131 Å². The minimum atomic E-state index is -0.208. The molecule has 0 radical (unpaired) electrons. The van der Waals surface area contributed by atoms with Crippen LogP contribution in [0.2, 0.25) is 0 Å². The fraction of sp³-hybridized carbons (Fsp3) is 0.388. The SMILES string of the molecule is C=C(/C=C\C(=C/C)c1ccc(/C(=C/C)Sc2cc(C)ccc2C)cc1)NCCOCCOc1ccc(C(C)=O)c(C(=O)C(C)C)c1.CC.CNC(=O)C(C)CCC=O. The van der Waals surface area contributed by atoms with E-state index in [-0.39, 0.29) is 29.3 Å². The average molecular weight is 811 g/mol. The maximum Gasteiger partial charge on any atom is 0.222 e. The molecule has 0 saturated carbocycles. The Kier molecular flexibility index (Phi) is 25.0. The number of thioether (sulfide) groups is 1. The third-order valence-electron chi connectivity index (χ3n) is 8.77. The highest BCUT2D eigenvalue weighted by Crippen LogP contribution is 2.37. The molecule has 314 valence electrons. The van der Waals surface area contributed by atoms with E-state index < -0.39 is 0 Å². The van der Waals surface area contributed by atoms with Crippen LogP contribution in [0.3, 0.4) is 0 Å². The molecular weight excluding hydrogens is 745 g/mol. The number of aldehydes is 1. The van der Waals surface area contributed by atoms with Crippen LogP contribution < -0.4 is 15.4 Å². The van der Waals surface area contributed by atoms with Gasteiger partial charge in [0.15, 0.2) is 11.6 Å². The van der Waals surface area contributed by atoms with Crippen molar-refractivity contribution in [1.82, 2.24) is 10.6 Å². The second-order valence-electron chi connectivity index (χ2n) is 13.6. The molecule has 8 nitrogen and oxygen atoms in total. The van der Waals surface area contributed by atoms with Gasteiger partial charge in [0.05, 0.1) is 13.2 Å². The summed E-state index contributed by atoms with van der Waals surface area (Å²) < 4.78 is 11.5. The summed E-state index contributed by atoms with van der Waals surface area (Å²) in [5, 5.41) is 5.80. The van der Waals surface area contributed by atoms with Crippen molar-refractivity contribution in [3.8, 4) is 5.75 Å². The van der Waals surface area contributed by atoms with Crippen LogP contribution in [0.1, 0.15) is 111 Å². The maximum atomic E-state index is 12.6. The molecule has 1 atom stereocenters. The third-order valence-corrected chi connectivity index (χ3v) is 10.1. The molecule has 3 aromatic carbocycles. The summed E-state index contributed by atoms with van der Waals surface area (Å²) in [6.07, 6.45) is 10.2. The Hall–Kier alpha value is -4.99. The second-order valence-corrected chi connectivity index (χ2v) is 14.7. The van der Waals surface area contributed by atoms with Gasteiger partial charge in [-0.2, -0.15) is 0 Å². The number of Topliss-reactive ketones (excluding diaryl/α,β-unsaturated/α-hetero) is 2. The van der Waals surface area contributed by atoms with Gasteiger partial charge in [0.2, 0.25) is 5.91 Å². The Labute approximate surface area is 352 Å². The van der Waals surface area contributed by atoms with E-state index in [0.717, 1.165) is 23.1 Å². The van der Waals surface area contributed by atoms with Crippen molar-refractivity contribution < 1.29 is 28.7 Å². The third kappa shape index (κ3) is 18.1. The molecule has 0 saturated heterocycles. The molecule has 0 spiro atoms. The lowest BCUT2D eigenvalue weighted by atomic mass is 9.94. The van der Waals surface area contributed by atoms with Gasteiger partial charge >= 0.3 is 0 Å². The van der Waals surface area contributed by atoms with Crippen molar-refractivity contribution >= 4 is 46.0 Å². The van der Waals surface area contributed by atoms with Crippen LogP contribution in [0.25, 0.3) is 10.5 Å². The van der Waals surface area contributed by atoms with Gasteiger partial charge in [0.1, 0.15) is 18.6 Å². The predicted molar refractivity (Wildman–Crippen MR) is 244 cm³/mol. The standard InChI is InChI=1S/C40H47NO4S.C7H13NO2.C2H6/c1-9-32(33-15-17-34(18-16-33)38(10-2)46-39-25-28(5)11-12-29(39)6)14-13-30(7)41-21-22-44-23-24-45-35-19-20-36(31(8)42)37(26-35)40(43)27(3)4;1-6(4-3-5-9)7(10)8-2;1-2/h9-20,25-27,41H,7,21-24H2,1-6,8H3;5-6H,3-4H2,1-2H3,(H,8,10);1-2H3/b14-13-,32-9+,38-10-;;. The van der Waals surface area contributed by atoms with E-state index in [0.29, 0.717) is 56.1 Å². The van der Waals surface area contributed by atoms with E-state index in [9.17, 15) is 19.2 Å². The van der Waals surface area contributed by atoms with Gasteiger partial charge in [-0.25, -0.2) is 0 Å². The molecule has 1 unspecified atom stereocenters. The topological polar surface area (TPSA) is 111 Å². The zero-order chi connectivity index (χ0) is 43.6. The highest BCUT2D eigenvalue weighted by atomic mass is 32.2. The molecule has 9 heteroatoms. The van der Waals surface area contributed by atoms with Crippen molar-refractivity contribution in [1.29, 1.82) is 0 Å². The average Bonchev–Trinajstić information content (AvgIpc) is 3.23. The van der Waals surface area contributed by atoms with Crippen molar-refractivity contribution in [2.75, 3.05) is 33.4 Å². The molecule has 3 aromatic rings. The van der Waals surface area contributed by atoms with Crippen LogP contribution in [-0.2, 0) is 14.3 Å². The van der Waals surface area contributed by atoms with Crippen LogP contribution >= 0.6 is 11.8 Å². The Balaban J connectivity index is 0.00000122. The van der Waals surface area contributed by atoms with Crippen molar-refractivity contribution in [2.24, 2.45) is 11.8 Å². The highest BCUT2D eigenvalue weighted by Gasteiger charge is 2.18. The summed E-state index contributed by atoms with van der Waals surface area (Å²) in [6.45, 7) is 25.2. The van der Waals surface area contributed by atoms with Crippen molar-refractivity contribution in [3.63, 3.8) is 0 Å². The Morgan fingerprint density at radius 3 is 2.10 bits per heavy atom. The number of nitrogens with one attached hydrogen (secondary N) is 2. The first-order chi connectivity index (χ1) is 27.8. The van der Waals surface area contributed by atoms with Gasteiger partial charge < -0.3 is 24.9 Å². The lowest BCUT2D eigenvalue weighted by Crippen LogP contribution is -2.25. The number of ether oxygens (including phenoxy) is 2. The van der Waals surface area contributed by atoms with Crippen LogP contribution in [0.5, 0.6) is 5.75 Å². The summed E-state index contributed by atoms with van der Waals surface area (Å²) in [5.41, 5.74) is 7.62. The minimum Gasteiger partial charge on any atom is -0.491 e. The normalized spacial score (nSPS) is 11.8.